The molecule has 7 nitrogen and oxygen atoms in total. The predicted octanol–water partition coefficient (Wildman–Crippen LogP) is 2.62. The number of carbonyl (C=O) groups excluding carboxylic acids is 2. The van der Waals surface area contributed by atoms with E-state index < -0.39 is 5.54 Å². The molecule has 1 unspecified atom stereocenters. The van der Waals surface area contributed by atoms with E-state index in [1.165, 1.54) is 5.56 Å². The predicted molar refractivity (Wildman–Crippen MR) is 102 cm³/mol. The number of amides is 2. The number of aromatic nitrogens is 2. The minimum absolute atomic E-state index is 0.0246. The first kappa shape index (κ1) is 18.7. The molecule has 1 aliphatic carbocycles. The monoisotopic (exact) mass is 382 g/mol. The van der Waals surface area contributed by atoms with Crippen LogP contribution in [0.3, 0.4) is 0 Å². The van der Waals surface area contributed by atoms with E-state index in [-0.39, 0.29) is 24.2 Å². The highest BCUT2D eigenvalue weighted by atomic mass is 16.5. The number of benzene rings is 1. The highest BCUT2D eigenvalue weighted by Crippen LogP contribution is 2.38. The van der Waals surface area contributed by atoms with Gasteiger partial charge in [0.2, 0.25) is 17.7 Å². The third-order valence-electron chi connectivity index (χ3n) is 5.85. The summed E-state index contributed by atoms with van der Waals surface area (Å²) < 4.78 is 5.14. The first-order valence-electron chi connectivity index (χ1n) is 9.91. The van der Waals surface area contributed by atoms with Gasteiger partial charge in [0.25, 0.3) is 0 Å². The number of rotatable bonds is 5. The van der Waals surface area contributed by atoms with Gasteiger partial charge in [0, 0.05) is 26.4 Å². The zero-order valence-corrected chi connectivity index (χ0v) is 16.4. The molecule has 1 N–H and O–H groups in total. The Balaban J connectivity index is 1.43. The van der Waals surface area contributed by atoms with Crippen LogP contribution >= 0.6 is 0 Å². The van der Waals surface area contributed by atoms with Gasteiger partial charge >= 0.3 is 0 Å². The van der Waals surface area contributed by atoms with Gasteiger partial charge in [-0.3, -0.25) is 9.59 Å². The van der Waals surface area contributed by atoms with Crippen LogP contribution in [-0.4, -0.2) is 33.4 Å². The molecule has 2 amide bonds. The molecule has 1 aromatic carbocycles. The van der Waals surface area contributed by atoms with Crippen LogP contribution in [0.4, 0.5) is 0 Å². The van der Waals surface area contributed by atoms with Gasteiger partial charge in [-0.1, -0.05) is 47.8 Å². The van der Waals surface area contributed by atoms with E-state index in [0.717, 1.165) is 31.2 Å². The molecule has 2 fully saturated rings. The normalized spacial score (nSPS) is 21.3. The maximum absolute atomic E-state index is 13.0. The summed E-state index contributed by atoms with van der Waals surface area (Å²) in [6.45, 7) is 4.77. The largest absolute Gasteiger partial charge is 0.343 e. The first-order valence-corrected chi connectivity index (χ1v) is 9.91. The Kier molecular flexibility index (Phi) is 4.91. The third-order valence-corrected chi connectivity index (χ3v) is 5.85. The number of nitrogens with zero attached hydrogens (tertiary/aromatic N) is 3. The zero-order chi connectivity index (χ0) is 19.7. The average molecular weight is 382 g/mol. The van der Waals surface area contributed by atoms with E-state index in [9.17, 15) is 9.59 Å². The Morgan fingerprint density at radius 1 is 1.25 bits per heavy atom. The Labute approximate surface area is 164 Å². The maximum atomic E-state index is 13.0. The minimum atomic E-state index is -0.567. The quantitative estimate of drug-likeness (QED) is 0.859. The first-order chi connectivity index (χ1) is 13.4. The average Bonchev–Trinajstić information content (AvgIpc) is 3.39. The molecule has 4 rings (SSSR count). The van der Waals surface area contributed by atoms with Crippen molar-refractivity contribution in [1.29, 1.82) is 0 Å². The fourth-order valence-corrected chi connectivity index (χ4v) is 4.23. The van der Waals surface area contributed by atoms with Crippen LogP contribution in [0.25, 0.3) is 0 Å². The molecule has 148 valence electrons. The fourth-order valence-electron chi connectivity index (χ4n) is 4.23. The lowest BCUT2D eigenvalue weighted by Gasteiger charge is -2.28. The van der Waals surface area contributed by atoms with Gasteiger partial charge < -0.3 is 14.7 Å². The van der Waals surface area contributed by atoms with Crippen molar-refractivity contribution < 1.29 is 14.1 Å². The number of nitrogens with one attached hydrogen (secondary N) is 1. The summed E-state index contributed by atoms with van der Waals surface area (Å²) in [5, 5.41) is 7.24. The van der Waals surface area contributed by atoms with Crippen molar-refractivity contribution in [2.24, 2.45) is 5.92 Å². The molecule has 1 saturated carbocycles. The van der Waals surface area contributed by atoms with Gasteiger partial charge in [-0.15, -0.1) is 0 Å². The second-order valence-corrected chi connectivity index (χ2v) is 8.08. The lowest BCUT2D eigenvalue weighted by molar-refractivity contribution is -0.130. The van der Waals surface area contributed by atoms with E-state index in [0.29, 0.717) is 24.8 Å². The summed E-state index contributed by atoms with van der Waals surface area (Å²) in [4.78, 5) is 31.6. The summed E-state index contributed by atoms with van der Waals surface area (Å²) in [6.07, 6.45) is 3.87. The second-order valence-electron chi connectivity index (χ2n) is 8.08. The van der Waals surface area contributed by atoms with Crippen LogP contribution in [0.5, 0.6) is 0 Å². The van der Waals surface area contributed by atoms with Gasteiger partial charge in [-0.25, -0.2) is 0 Å². The van der Waals surface area contributed by atoms with Crippen molar-refractivity contribution >= 4 is 11.8 Å². The SMILES string of the molecule is Cc1ccc(CN2CC(C(=O)NC3(c4noc(C)n4)CCCC3)CC2=O)cc1. The Morgan fingerprint density at radius 2 is 1.96 bits per heavy atom. The number of aryl methyl sites for hydroxylation is 2. The molecular formula is C21H26N4O3. The number of carbonyl (C=O) groups is 2. The van der Waals surface area contributed by atoms with E-state index in [4.69, 9.17) is 4.52 Å². The molecule has 2 aliphatic rings. The van der Waals surface area contributed by atoms with E-state index in [1.807, 2.05) is 31.2 Å². The summed E-state index contributed by atoms with van der Waals surface area (Å²) in [5.74, 6) is 0.636. The van der Waals surface area contributed by atoms with Crippen molar-refractivity contribution in [3.8, 4) is 0 Å². The lowest BCUT2D eigenvalue weighted by atomic mass is 9.94. The minimum Gasteiger partial charge on any atom is -0.343 e. The maximum Gasteiger partial charge on any atom is 0.226 e. The van der Waals surface area contributed by atoms with Crippen LogP contribution < -0.4 is 5.32 Å². The highest BCUT2D eigenvalue weighted by Gasteiger charge is 2.44. The van der Waals surface area contributed by atoms with Gasteiger partial charge in [-0.05, 0) is 25.3 Å². The standard InChI is InChI=1S/C21H26N4O3/c1-14-5-7-16(8-6-14)12-25-13-17(11-18(25)26)19(27)23-21(9-3-4-10-21)20-22-15(2)28-24-20/h5-8,17H,3-4,9-13H2,1-2H3,(H,23,27). The van der Waals surface area contributed by atoms with Crippen molar-refractivity contribution in [1.82, 2.24) is 20.4 Å². The fraction of sp³-hybridized carbons (Fsp3) is 0.524. The van der Waals surface area contributed by atoms with Gasteiger partial charge in [-0.2, -0.15) is 4.98 Å². The number of hydrogen-bond acceptors (Lipinski definition) is 5. The Hall–Kier alpha value is -2.70. The summed E-state index contributed by atoms with van der Waals surface area (Å²) in [6, 6.07) is 8.14. The van der Waals surface area contributed by atoms with Crippen molar-refractivity contribution in [2.45, 2.75) is 58.0 Å². The van der Waals surface area contributed by atoms with Gasteiger partial charge in [0.1, 0.15) is 5.54 Å². The van der Waals surface area contributed by atoms with E-state index >= 15 is 0 Å². The molecule has 2 aromatic rings. The molecular weight excluding hydrogens is 356 g/mol. The Bertz CT molecular complexity index is 868. The molecule has 2 heterocycles. The highest BCUT2D eigenvalue weighted by molar-refractivity contribution is 5.89. The van der Waals surface area contributed by atoms with E-state index in [2.05, 4.69) is 15.5 Å². The van der Waals surface area contributed by atoms with E-state index in [1.54, 1.807) is 11.8 Å². The van der Waals surface area contributed by atoms with Gasteiger partial charge in [0.15, 0.2) is 5.82 Å². The van der Waals surface area contributed by atoms with Crippen LogP contribution in [0, 0.1) is 19.8 Å². The van der Waals surface area contributed by atoms with Crippen LogP contribution in [0.15, 0.2) is 28.8 Å². The van der Waals surface area contributed by atoms with Crippen LogP contribution in [0.2, 0.25) is 0 Å². The van der Waals surface area contributed by atoms with Crippen molar-refractivity contribution in [2.75, 3.05) is 6.54 Å². The van der Waals surface area contributed by atoms with Crippen molar-refractivity contribution in [3.05, 3.63) is 47.1 Å². The molecule has 28 heavy (non-hydrogen) atoms. The molecule has 1 atom stereocenters. The topological polar surface area (TPSA) is 88.3 Å². The molecule has 0 spiro atoms. The molecule has 1 saturated heterocycles. The van der Waals surface area contributed by atoms with Gasteiger partial charge in [0.05, 0.1) is 5.92 Å². The van der Waals surface area contributed by atoms with Crippen LogP contribution in [-0.2, 0) is 21.7 Å². The smallest absolute Gasteiger partial charge is 0.226 e. The molecule has 1 aliphatic heterocycles. The molecule has 0 radical (unpaired) electrons. The third kappa shape index (κ3) is 3.66. The summed E-state index contributed by atoms with van der Waals surface area (Å²) in [5.41, 5.74) is 1.70. The molecule has 0 bridgehead atoms. The molecule has 1 aromatic heterocycles. The second kappa shape index (κ2) is 7.37. The lowest BCUT2D eigenvalue weighted by Crippen LogP contribution is -2.47. The summed E-state index contributed by atoms with van der Waals surface area (Å²) in [7, 11) is 0. The summed E-state index contributed by atoms with van der Waals surface area (Å²) >= 11 is 0. The van der Waals surface area contributed by atoms with Crippen molar-refractivity contribution in [3.63, 3.8) is 0 Å². The van der Waals surface area contributed by atoms with Crippen LogP contribution in [0.1, 0.15) is 54.9 Å². The molecule has 7 heteroatoms. The Morgan fingerprint density at radius 3 is 2.61 bits per heavy atom. The number of hydrogen-bond donors (Lipinski definition) is 1. The zero-order valence-electron chi connectivity index (χ0n) is 16.4. The number of likely N-dealkylation sites (tertiary alicyclic amines) is 1.